The third-order valence-electron chi connectivity index (χ3n) is 2.70. The van der Waals surface area contributed by atoms with E-state index in [9.17, 15) is 9.59 Å². The van der Waals surface area contributed by atoms with Crippen molar-refractivity contribution in [2.24, 2.45) is 5.41 Å². The lowest BCUT2D eigenvalue weighted by molar-refractivity contribution is -0.172. The Balaban J connectivity index is 2.60. The smallest absolute Gasteiger partial charge is 0.325 e. The summed E-state index contributed by atoms with van der Waals surface area (Å²) in [5.74, 6) is -2.03. The third kappa shape index (κ3) is 4.06. The van der Waals surface area contributed by atoms with Gasteiger partial charge in [-0.25, -0.2) is 0 Å². The van der Waals surface area contributed by atoms with Gasteiger partial charge in [-0.1, -0.05) is 30.3 Å². The minimum absolute atomic E-state index is 0.139. The molecule has 104 valence electrons. The van der Waals surface area contributed by atoms with E-state index < -0.39 is 17.4 Å². The average molecular weight is 266 g/mol. The van der Waals surface area contributed by atoms with Crippen molar-refractivity contribution in [2.75, 3.05) is 13.2 Å². The second-order valence-electron chi connectivity index (χ2n) is 4.34. The number of carboxylic acid groups (broad SMARTS) is 1. The minimum atomic E-state index is -1.68. The van der Waals surface area contributed by atoms with Crippen LogP contribution in [0.2, 0.25) is 0 Å². The van der Waals surface area contributed by atoms with Gasteiger partial charge in [0.25, 0.3) is 0 Å². The molecule has 0 saturated carbocycles. The molecule has 0 amide bonds. The number of aliphatic carboxylic acids is 1. The molecule has 1 aromatic carbocycles. The van der Waals surface area contributed by atoms with Gasteiger partial charge < -0.3 is 14.6 Å². The summed E-state index contributed by atoms with van der Waals surface area (Å²) in [5.41, 5.74) is -0.760. The average Bonchev–Trinajstić information content (AvgIpc) is 2.39. The first-order valence-electron chi connectivity index (χ1n) is 6.03. The molecule has 0 aliphatic rings. The molecule has 1 N–H and O–H groups in total. The van der Waals surface area contributed by atoms with Gasteiger partial charge in [-0.05, 0) is 19.4 Å². The fourth-order valence-corrected chi connectivity index (χ4v) is 1.45. The molecule has 5 nitrogen and oxygen atoms in total. The van der Waals surface area contributed by atoms with Gasteiger partial charge in [-0.2, -0.15) is 0 Å². The predicted octanol–water partition coefficient (Wildman–Crippen LogP) is 1.86. The number of benzene rings is 1. The van der Waals surface area contributed by atoms with Crippen LogP contribution in [0.25, 0.3) is 0 Å². The van der Waals surface area contributed by atoms with E-state index in [2.05, 4.69) is 0 Å². The number of esters is 1. The van der Waals surface area contributed by atoms with Crippen molar-refractivity contribution in [1.82, 2.24) is 0 Å². The Kier molecular flexibility index (Phi) is 5.51. The van der Waals surface area contributed by atoms with Crippen LogP contribution in [-0.2, 0) is 25.7 Å². The van der Waals surface area contributed by atoms with Crippen molar-refractivity contribution in [3.05, 3.63) is 35.9 Å². The van der Waals surface area contributed by atoms with Crippen LogP contribution in [0.3, 0.4) is 0 Å². The van der Waals surface area contributed by atoms with Gasteiger partial charge in [0.15, 0.2) is 5.41 Å². The molecular formula is C14H18O5. The van der Waals surface area contributed by atoms with E-state index in [1.807, 2.05) is 30.3 Å². The fourth-order valence-electron chi connectivity index (χ4n) is 1.45. The van der Waals surface area contributed by atoms with Crippen LogP contribution in [0.4, 0.5) is 0 Å². The topological polar surface area (TPSA) is 72.8 Å². The van der Waals surface area contributed by atoms with Crippen LogP contribution in [0.1, 0.15) is 19.4 Å². The Morgan fingerprint density at radius 1 is 1.26 bits per heavy atom. The highest BCUT2D eigenvalue weighted by atomic mass is 16.5. The zero-order valence-corrected chi connectivity index (χ0v) is 11.1. The number of carbonyl (C=O) groups excluding carboxylic acids is 1. The van der Waals surface area contributed by atoms with Crippen molar-refractivity contribution < 1.29 is 24.2 Å². The summed E-state index contributed by atoms with van der Waals surface area (Å²) < 4.78 is 10.1. The Labute approximate surface area is 112 Å². The van der Waals surface area contributed by atoms with Crippen molar-refractivity contribution in [3.8, 4) is 0 Å². The number of carboxylic acids is 1. The first kappa shape index (κ1) is 15.2. The standard InChI is InChI=1S/C14H18O5/c1-3-19-13(17)14(2,12(15)16)10-18-9-11-7-5-4-6-8-11/h4-8H,3,9-10H2,1-2H3,(H,15,16). The number of rotatable bonds is 7. The van der Waals surface area contributed by atoms with E-state index in [0.29, 0.717) is 0 Å². The SMILES string of the molecule is CCOC(=O)C(C)(COCc1ccccc1)C(=O)O. The predicted molar refractivity (Wildman–Crippen MR) is 68.5 cm³/mol. The summed E-state index contributed by atoms with van der Waals surface area (Å²) in [7, 11) is 0. The van der Waals surface area contributed by atoms with Crippen molar-refractivity contribution in [3.63, 3.8) is 0 Å². The molecule has 0 radical (unpaired) electrons. The summed E-state index contributed by atoms with van der Waals surface area (Å²) in [6, 6.07) is 9.33. The maximum atomic E-state index is 11.7. The molecule has 0 spiro atoms. The zero-order chi connectivity index (χ0) is 14.3. The van der Waals surface area contributed by atoms with Gasteiger partial charge in [0.1, 0.15) is 0 Å². The van der Waals surface area contributed by atoms with Crippen molar-refractivity contribution in [2.45, 2.75) is 20.5 Å². The highest BCUT2D eigenvalue weighted by molar-refractivity contribution is 5.98. The normalized spacial score (nSPS) is 13.6. The van der Waals surface area contributed by atoms with E-state index in [0.717, 1.165) is 5.56 Å². The Bertz CT molecular complexity index is 429. The Morgan fingerprint density at radius 3 is 2.42 bits per heavy atom. The maximum absolute atomic E-state index is 11.7. The van der Waals surface area contributed by atoms with Crippen LogP contribution in [0.15, 0.2) is 30.3 Å². The minimum Gasteiger partial charge on any atom is -0.480 e. The molecule has 1 aromatic rings. The summed E-state index contributed by atoms with van der Waals surface area (Å²) in [4.78, 5) is 22.9. The first-order valence-corrected chi connectivity index (χ1v) is 6.03. The number of ether oxygens (including phenoxy) is 2. The first-order chi connectivity index (χ1) is 9.00. The van der Waals surface area contributed by atoms with Crippen LogP contribution >= 0.6 is 0 Å². The highest BCUT2D eigenvalue weighted by Gasteiger charge is 2.43. The molecule has 0 aromatic heterocycles. The van der Waals surface area contributed by atoms with Gasteiger partial charge in [-0.3, -0.25) is 9.59 Å². The quantitative estimate of drug-likeness (QED) is 0.602. The highest BCUT2D eigenvalue weighted by Crippen LogP contribution is 2.20. The Hall–Kier alpha value is -1.88. The van der Waals surface area contributed by atoms with Crippen LogP contribution in [0, 0.1) is 5.41 Å². The van der Waals surface area contributed by atoms with Gasteiger partial charge >= 0.3 is 11.9 Å². The fraction of sp³-hybridized carbons (Fsp3) is 0.429. The number of hydrogen-bond acceptors (Lipinski definition) is 4. The largest absolute Gasteiger partial charge is 0.480 e. The van der Waals surface area contributed by atoms with E-state index >= 15 is 0 Å². The molecule has 0 fully saturated rings. The lowest BCUT2D eigenvalue weighted by Crippen LogP contribution is -2.42. The second kappa shape index (κ2) is 6.89. The van der Waals surface area contributed by atoms with E-state index in [-0.39, 0.29) is 19.8 Å². The van der Waals surface area contributed by atoms with E-state index in [1.165, 1.54) is 6.92 Å². The number of carbonyl (C=O) groups is 2. The third-order valence-corrected chi connectivity index (χ3v) is 2.70. The van der Waals surface area contributed by atoms with E-state index in [1.54, 1.807) is 6.92 Å². The monoisotopic (exact) mass is 266 g/mol. The van der Waals surface area contributed by atoms with Crippen LogP contribution < -0.4 is 0 Å². The molecule has 0 aliphatic heterocycles. The molecular weight excluding hydrogens is 248 g/mol. The zero-order valence-electron chi connectivity index (χ0n) is 11.1. The van der Waals surface area contributed by atoms with Gasteiger partial charge in [0.2, 0.25) is 0 Å². The summed E-state index contributed by atoms with van der Waals surface area (Å²) in [6.45, 7) is 3.10. The van der Waals surface area contributed by atoms with Gasteiger partial charge in [-0.15, -0.1) is 0 Å². The maximum Gasteiger partial charge on any atom is 0.325 e. The van der Waals surface area contributed by atoms with Crippen molar-refractivity contribution >= 4 is 11.9 Å². The molecule has 0 aliphatic carbocycles. The molecule has 0 saturated heterocycles. The lowest BCUT2D eigenvalue weighted by Gasteiger charge is -2.22. The summed E-state index contributed by atoms with van der Waals surface area (Å²) in [5, 5.41) is 9.15. The molecule has 1 rings (SSSR count). The molecule has 19 heavy (non-hydrogen) atoms. The Morgan fingerprint density at radius 2 is 1.89 bits per heavy atom. The second-order valence-corrected chi connectivity index (χ2v) is 4.34. The van der Waals surface area contributed by atoms with Gasteiger partial charge in [0.05, 0.1) is 19.8 Å². The van der Waals surface area contributed by atoms with Crippen molar-refractivity contribution in [1.29, 1.82) is 0 Å². The molecule has 5 heteroatoms. The molecule has 1 atom stereocenters. The molecule has 1 unspecified atom stereocenters. The molecule has 0 bridgehead atoms. The van der Waals surface area contributed by atoms with Crippen LogP contribution in [-0.4, -0.2) is 30.3 Å². The van der Waals surface area contributed by atoms with E-state index in [4.69, 9.17) is 14.6 Å². The van der Waals surface area contributed by atoms with Crippen LogP contribution in [0.5, 0.6) is 0 Å². The molecule has 0 heterocycles. The summed E-state index contributed by atoms with van der Waals surface area (Å²) >= 11 is 0. The van der Waals surface area contributed by atoms with Gasteiger partial charge in [0, 0.05) is 0 Å². The summed E-state index contributed by atoms with van der Waals surface area (Å²) in [6.07, 6.45) is 0. The lowest BCUT2D eigenvalue weighted by atomic mass is 9.92. The number of hydrogen-bond donors (Lipinski definition) is 1.